The molecule has 0 atom stereocenters. The summed E-state index contributed by atoms with van der Waals surface area (Å²) in [5.41, 5.74) is 0. The minimum Gasteiger partial charge on any atom is -0.386 e. The molecule has 0 saturated heterocycles. The summed E-state index contributed by atoms with van der Waals surface area (Å²) < 4.78 is 10.0. The lowest BCUT2D eigenvalue weighted by atomic mass is 10.6. The molecular weight excluding hydrogens is 134 g/mol. The van der Waals surface area contributed by atoms with Crippen LogP contribution >= 0.6 is 0 Å². The maximum atomic E-state index is 5.70. The van der Waals surface area contributed by atoms with Gasteiger partial charge >= 0.3 is 8.72 Å². The molecule has 0 amide bonds. The fourth-order valence-corrected chi connectivity index (χ4v) is 1.91. The van der Waals surface area contributed by atoms with Crippen LogP contribution in [-0.2, 0) is 8.85 Å². The van der Waals surface area contributed by atoms with E-state index >= 15 is 0 Å². The Bertz CT molecular complexity index is 75.4. The average Bonchev–Trinajstić information content (AvgIpc) is 1.89. The van der Waals surface area contributed by atoms with Crippen molar-refractivity contribution in [3.63, 3.8) is 0 Å². The van der Waals surface area contributed by atoms with Crippen molar-refractivity contribution >= 4 is 8.72 Å². The molecule has 0 heterocycles. The van der Waals surface area contributed by atoms with Gasteiger partial charge in [-0.1, -0.05) is 13.3 Å². The third-order valence-corrected chi connectivity index (χ3v) is 3.87. The second kappa shape index (κ2) is 4.00. The van der Waals surface area contributed by atoms with Crippen molar-refractivity contribution in [1.29, 1.82) is 0 Å². The van der Waals surface area contributed by atoms with Gasteiger partial charge in [-0.3, -0.25) is 0 Å². The standard InChI is InChI=1S/C5H15NO2Si/c1-4-5-9(6,7-2)8-3/h4-6H2,1-3H3. The molecule has 0 rings (SSSR count). The Balaban J connectivity index is 3.62. The highest BCUT2D eigenvalue weighted by Gasteiger charge is 2.28. The molecule has 0 radical (unpaired) electrons. The Morgan fingerprint density at radius 1 is 1.33 bits per heavy atom. The largest absolute Gasteiger partial charge is 0.421 e. The fourth-order valence-electron chi connectivity index (χ4n) is 0.636. The first-order valence-electron chi connectivity index (χ1n) is 3.07. The highest BCUT2D eigenvalue weighted by molar-refractivity contribution is 6.63. The second-order valence-corrected chi connectivity index (χ2v) is 4.91. The molecule has 0 aliphatic carbocycles. The van der Waals surface area contributed by atoms with E-state index in [0.717, 1.165) is 12.5 Å². The molecule has 0 aromatic rings. The van der Waals surface area contributed by atoms with Crippen molar-refractivity contribution in [3.8, 4) is 0 Å². The van der Waals surface area contributed by atoms with E-state index < -0.39 is 8.72 Å². The van der Waals surface area contributed by atoms with Gasteiger partial charge in [0.1, 0.15) is 0 Å². The summed E-state index contributed by atoms with van der Waals surface area (Å²) in [7, 11) is 1.01. The van der Waals surface area contributed by atoms with Crippen molar-refractivity contribution in [2.75, 3.05) is 14.2 Å². The van der Waals surface area contributed by atoms with Crippen molar-refractivity contribution < 1.29 is 8.85 Å². The lowest BCUT2D eigenvalue weighted by Crippen LogP contribution is -2.50. The van der Waals surface area contributed by atoms with E-state index in [-0.39, 0.29) is 0 Å². The SMILES string of the molecule is CCC[Si](N)(OC)OC. The maximum Gasteiger partial charge on any atom is 0.421 e. The summed E-state index contributed by atoms with van der Waals surface area (Å²) in [6, 6.07) is 0.861. The molecule has 3 nitrogen and oxygen atoms in total. The second-order valence-electron chi connectivity index (χ2n) is 1.97. The molecule has 4 heteroatoms. The van der Waals surface area contributed by atoms with Crippen LogP contribution < -0.4 is 5.40 Å². The Hall–Kier alpha value is 0.0969. The topological polar surface area (TPSA) is 44.5 Å². The molecule has 2 N–H and O–H groups in total. The van der Waals surface area contributed by atoms with Gasteiger partial charge in [-0.05, 0) is 0 Å². The predicted octanol–water partition coefficient (Wildman–Crippen LogP) is 0.587. The van der Waals surface area contributed by atoms with E-state index in [9.17, 15) is 0 Å². The van der Waals surface area contributed by atoms with Gasteiger partial charge in [-0.2, -0.15) is 0 Å². The smallest absolute Gasteiger partial charge is 0.386 e. The summed E-state index contributed by atoms with van der Waals surface area (Å²) in [4.78, 5) is 0. The monoisotopic (exact) mass is 149 g/mol. The van der Waals surface area contributed by atoms with Gasteiger partial charge in [0.15, 0.2) is 0 Å². The summed E-state index contributed by atoms with van der Waals surface area (Å²) >= 11 is 0. The van der Waals surface area contributed by atoms with Crippen LogP contribution in [0.15, 0.2) is 0 Å². The van der Waals surface area contributed by atoms with Crippen molar-refractivity contribution in [1.82, 2.24) is 0 Å². The lowest BCUT2D eigenvalue weighted by Gasteiger charge is -2.20. The zero-order valence-corrected chi connectivity index (χ0v) is 7.31. The number of nitrogens with two attached hydrogens (primary N) is 1. The number of hydrogen-bond donors (Lipinski definition) is 1. The zero-order chi connectivity index (χ0) is 7.33. The van der Waals surface area contributed by atoms with Crippen LogP contribution in [0.2, 0.25) is 6.04 Å². The minimum absolute atomic E-state index is 0.861. The van der Waals surface area contributed by atoms with Crippen molar-refractivity contribution in [2.24, 2.45) is 5.40 Å². The average molecular weight is 149 g/mol. The predicted molar refractivity (Wildman–Crippen MR) is 39.1 cm³/mol. The van der Waals surface area contributed by atoms with Crippen molar-refractivity contribution in [2.45, 2.75) is 19.4 Å². The van der Waals surface area contributed by atoms with Gasteiger partial charge in [0.2, 0.25) is 0 Å². The fraction of sp³-hybridized carbons (Fsp3) is 1.00. The van der Waals surface area contributed by atoms with Crippen LogP contribution in [0.1, 0.15) is 13.3 Å². The molecule has 0 aromatic carbocycles. The molecule has 0 bridgehead atoms. The van der Waals surface area contributed by atoms with Crippen LogP contribution in [-0.4, -0.2) is 22.9 Å². The number of hydrogen-bond acceptors (Lipinski definition) is 3. The summed E-state index contributed by atoms with van der Waals surface area (Å²) in [6.45, 7) is 2.06. The Kier molecular flexibility index (Phi) is 4.04. The van der Waals surface area contributed by atoms with E-state index in [1.165, 1.54) is 0 Å². The Morgan fingerprint density at radius 3 is 1.89 bits per heavy atom. The van der Waals surface area contributed by atoms with E-state index in [1.54, 1.807) is 14.2 Å². The van der Waals surface area contributed by atoms with Gasteiger partial charge in [0.25, 0.3) is 0 Å². The molecule has 0 saturated carbocycles. The van der Waals surface area contributed by atoms with E-state index in [1.807, 2.05) is 0 Å². The van der Waals surface area contributed by atoms with E-state index in [0.29, 0.717) is 0 Å². The molecule has 0 aromatic heterocycles. The van der Waals surface area contributed by atoms with Crippen LogP contribution in [0.3, 0.4) is 0 Å². The third-order valence-electron chi connectivity index (χ3n) is 1.29. The molecule has 0 fully saturated rings. The first kappa shape index (κ1) is 9.10. The van der Waals surface area contributed by atoms with Crippen molar-refractivity contribution in [3.05, 3.63) is 0 Å². The van der Waals surface area contributed by atoms with Crippen LogP contribution in [0, 0.1) is 0 Å². The zero-order valence-electron chi connectivity index (χ0n) is 6.31. The molecule has 0 spiro atoms. The molecule has 56 valence electrons. The van der Waals surface area contributed by atoms with Gasteiger partial charge in [0, 0.05) is 20.3 Å². The molecule has 0 unspecified atom stereocenters. The quantitative estimate of drug-likeness (QED) is 0.595. The van der Waals surface area contributed by atoms with E-state index in [2.05, 4.69) is 6.92 Å². The molecular formula is C5H15NO2Si. The summed E-state index contributed by atoms with van der Waals surface area (Å²) in [5, 5.41) is 5.70. The van der Waals surface area contributed by atoms with Gasteiger partial charge in [-0.25, -0.2) is 0 Å². The maximum absolute atomic E-state index is 5.70. The number of rotatable bonds is 4. The van der Waals surface area contributed by atoms with Gasteiger partial charge in [0.05, 0.1) is 0 Å². The summed E-state index contributed by atoms with van der Waals surface area (Å²) in [5.74, 6) is 0. The molecule has 0 aliphatic rings. The van der Waals surface area contributed by atoms with Gasteiger partial charge in [-0.15, -0.1) is 0 Å². The summed E-state index contributed by atoms with van der Waals surface area (Å²) in [6.07, 6.45) is 1.02. The highest BCUT2D eigenvalue weighted by Crippen LogP contribution is 2.05. The molecule has 9 heavy (non-hydrogen) atoms. The minimum atomic E-state index is -2.20. The first-order valence-corrected chi connectivity index (χ1v) is 5.18. The van der Waals surface area contributed by atoms with Crippen LogP contribution in [0.25, 0.3) is 0 Å². The third kappa shape index (κ3) is 2.95. The lowest BCUT2D eigenvalue weighted by molar-refractivity contribution is 0.243. The Morgan fingerprint density at radius 2 is 1.78 bits per heavy atom. The normalized spacial score (nSPS) is 12.0. The Labute approximate surface area is 57.5 Å². The molecule has 0 aliphatic heterocycles. The highest BCUT2D eigenvalue weighted by atomic mass is 28.4. The van der Waals surface area contributed by atoms with E-state index in [4.69, 9.17) is 14.3 Å². The first-order chi connectivity index (χ1) is 4.18. The van der Waals surface area contributed by atoms with Crippen LogP contribution in [0.5, 0.6) is 0 Å². The van der Waals surface area contributed by atoms with Gasteiger partial charge < -0.3 is 14.3 Å². The van der Waals surface area contributed by atoms with Crippen LogP contribution in [0.4, 0.5) is 0 Å².